The quantitative estimate of drug-likeness (QED) is 0.491. The molecule has 62 valence electrons. The van der Waals surface area contributed by atoms with Gasteiger partial charge in [-0.25, -0.2) is 5.43 Å². The molecular formula is C7H12N2O2. The van der Waals surface area contributed by atoms with Crippen molar-refractivity contribution in [3.05, 3.63) is 0 Å². The average molecular weight is 156 g/mol. The van der Waals surface area contributed by atoms with Crippen molar-refractivity contribution in [2.24, 2.45) is 11.8 Å². The molecule has 4 nitrogen and oxygen atoms in total. The van der Waals surface area contributed by atoms with Gasteiger partial charge in [-0.1, -0.05) is 0 Å². The number of ether oxygens (including phenoxy) is 1. The molecule has 0 radical (unpaired) electrons. The Hall–Kier alpha value is -0.610. The molecule has 0 aromatic carbocycles. The highest BCUT2D eigenvalue weighted by Gasteiger charge is 2.48. The summed E-state index contributed by atoms with van der Waals surface area (Å²) in [6.07, 6.45) is 1.15. The van der Waals surface area contributed by atoms with Crippen LogP contribution in [0.15, 0.2) is 0 Å². The van der Waals surface area contributed by atoms with E-state index in [2.05, 4.69) is 15.6 Å². The summed E-state index contributed by atoms with van der Waals surface area (Å²) < 4.78 is 4.65. The Morgan fingerprint density at radius 3 is 3.18 bits per heavy atom. The molecule has 1 aliphatic carbocycles. The van der Waals surface area contributed by atoms with Gasteiger partial charge in [-0.3, -0.25) is 10.2 Å². The molecule has 1 unspecified atom stereocenters. The van der Waals surface area contributed by atoms with Crippen LogP contribution in [0.2, 0.25) is 0 Å². The van der Waals surface area contributed by atoms with Crippen LogP contribution in [0.25, 0.3) is 0 Å². The number of hydrogen-bond donors (Lipinski definition) is 2. The largest absolute Gasteiger partial charge is 0.468 e. The number of rotatable bonds is 1. The SMILES string of the molecule is COC(=O)C1NNC[C@H]2C[C@@H]12. The van der Waals surface area contributed by atoms with Crippen LogP contribution in [0.3, 0.4) is 0 Å². The van der Waals surface area contributed by atoms with Gasteiger partial charge in [0.25, 0.3) is 0 Å². The topological polar surface area (TPSA) is 50.4 Å². The molecule has 3 atom stereocenters. The highest BCUT2D eigenvalue weighted by atomic mass is 16.5. The van der Waals surface area contributed by atoms with Crippen molar-refractivity contribution >= 4 is 5.97 Å². The second-order valence-corrected chi connectivity index (χ2v) is 3.19. The average Bonchev–Trinajstić information content (AvgIpc) is 2.80. The van der Waals surface area contributed by atoms with Gasteiger partial charge in [0.05, 0.1) is 7.11 Å². The van der Waals surface area contributed by atoms with E-state index in [9.17, 15) is 4.79 Å². The third-order valence-electron chi connectivity index (χ3n) is 2.48. The molecule has 1 heterocycles. The lowest BCUT2D eigenvalue weighted by atomic mass is 10.1. The van der Waals surface area contributed by atoms with Crippen molar-refractivity contribution in [3.63, 3.8) is 0 Å². The van der Waals surface area contributed by atoms with Crippen LogP contribution in [0, 0.1) is 11.8 Å². The minimum Gasteiger partial charge on any atom is -0.468 e. The Bertz CT molecular complexity index is 183. The van der Waals surface area contributed by atoms with Crippen LogP contribution in [0.5, 0.6) is 0 Å². The minimum absolute atomic E-state index is 0.112. The molecule has 0 aromatic heterocycles. The summed E-state index contributed by atoms with van der Waals surface area (Å²) in [6.45, 7) is 0.984. The summed E-state index contributed by atoms with van der Waals surface area (Å²) in [5.74, 6) is 1.06. The maximum Gasteiger partial charge on any atom is 0.324 e. The van der Waals surface area contributed by atoms with Gasteiger partial charge in [0.1, 0.15) is 6.04 Å². The molecule has 1 saturated carbocycles. The smallest absolute Gasteiger partial charge is 0.324 e. The number of methoxy groups -OCH3 is 1. The highest BCUT2D eigenvalue weighted by molar-refractivity contribution is 5.76. The minimum atomic E-state index is -0.148. The standard InChI is InChI=1S/C7H12N2O2/c1-11-7(10)6-5-2-4(5)3-8-9-6/h4-6,8-9H,2-3H2,1H3/t4-,5-,6?/m1/s1. The molecule has 0 bridgehead atoms. The van der Waals surface area contributed by atoms with Crippen molar-refractivity contribution < 1.29 is 9.53 Å². The van der Waals surface area contributed by atoms with Crippen molar-refractivity contribution in [2.75, 3.05) is 13.7 Å². The van der Waals surface area contributed by atoms with E-state index in [-0.39, 0.29) is 12.0 Å². The Labute approximate surface area is 65.3 Å². The number of hydrazine groups is 1. The third kappa shape index (κ3) is 1.12. The molecule has 2 fully saturated rings. The number of carbonyl (C=O) groups excluding carboxylic acids is 1. The zero-order valence-electron chi connectivity index (χ0n) is 6.46. The molecule has 0 amide bonds. The second kappa shape index (κ2) is 2.46. The Balaban J connectivity index is 1.97. The van der Waals surface area contributed by atoms with Crippen molar-refractivity contribution in [3.8, 4) is 0 Å². The monoisotopic (exact) mass is 156 g/mol. The van der Waals surface area contributed by atoms with Gasteiger partial charge in [-0.2, -0.15) is 0 Å². The van der Waals surface area contributed by atoms with E-state index < -0.39 is 0 Å². The lowest BCUT2D eigenvalue weighted by molar-refractivity contribution is -0.144. The maximum absolute atomic E-state index is 11.1. The first kappa shape index (κ1) is 7.06. The summed E-state index contributed by atoms with van der Waals surface area (Å²) in [7, 11) is 1.43. The fourth-order valence-corrected chi connectivity index (χ4v) is 1.68. The van der Waals surface area contributed by atoms with Crippen LogP contribution in [0.4, 0.5) is 0 Å². The highest BCUT2D eigenvalue weighted by Crippen LogP contribution is 2.42. The molecule has 1 aliphatic heterocycles. The molecule has 1 saturated heterocycles. The van der Waals surface area contributed by atoms with E-state index in [1.54, 1.807) is 0 Å². The summed E-state index contributed by atoms with van der Waals surface area (Å²) in [6, 6.07) is -0.112. The molecule has 0 spiro atoms. The molecular weight excluding hydrogens is 144 g/mol. The third-order valence-corrected chi connectivity index (χ3v) is 2.48. The molecule has 0 aromatic rings. The lowest BCUT2D eigenvalue weighted by Crippen LogP contribution is -2.51. The summed E-state index contributed by atoms with van der Waals surface area (Å²) in [4.78, 5) is 11.1. The van der Waals surface area contributed by atoms with E-state index in [0.717, 1.165) is 13.0 Å². The first-order valence-corrected chi connectivity index (χ1v) is 3.89. The van der Waals surface area contributed by atoms with Crippen LogP contribution < -0.4 is 10.9 Å². The van der Waals surface area contributed by atoms with Crippen LogP contribution in [0.1, 0.15) is 6.42 Å². The molecule has 2 N–H and O–H groups in total. The number of hydrogen-bond acceptors (Lipinski definition) is 4. The van der Waals surface area contributed by atoms with E-state index in [0.29, 0.717) is 11.8 Å². The molecule has 2 aliphatic rings. The van der Waals surface area contributed by atoms with Gasteiger partial charge in [-0.05, 0) is 18.3 Å². The van der Waals surface area contributed by atoms with E-state index >= 15 is 0 Å². The number of esters is 1. The number of nitrogens with one attached hydrogen (secondary N) is 2. The van der Waals surface area contributed by atoms with E-state index in [1.807, 2.05) is 0 Å². The summed E-state index contributed by atoms with van der Waals surface area (Å²) in [5.41, 5.74) is 5.93. The molecule has 2 rings (SSSR count). The Morgan fingerprint density at radius 2 is 2.45 bits per heavy atom. The first-order valence-electron chi connectivity index (χ1n) is 3.89. The summed E-state index contributed by atoms with van der Waals surface area (Å²) in [5, 5.41) is 0. The normalized spacial score (nSPS) is 41.0. The number of carbonyl (C=O) groups is 1. The summed E-state index contributed by atoms with van der Waals surface area (Å²) >= 11 is 0. The molecule has 11 heavy (non-hydrogen) atoms. The Kier molecular flexibility index (Phi) is 1.58. The second-order valence-electron chi connectivity index (χ2n) is 3.19. The maximum atomic E-state index is 11.1. The van der Waals surface area contributed by atoms with Gasteiger partial charge < -0.3 is 4.74 Å². The number of fused-ring (bicyclic) bond motifs is 1. The van der Waals surface area contributed by atoms with Crippen molar-refractivity contribution in [1.29, 1.82) is 0 Å². The van der Waals surface area contributed by atoms with Crippen LogP contribution in [-0.2, 0) is 9.53 Å². The van der Waals surface area contributed by atoms with Gasteiger partial charge in [-0.15, -0.1) is 0 Å². The van der Waals surface area contributed by atoms with Gasteiger partial charge in [0.2, 0.25) is 0 Å². The van der Waals surface area contributed by atoms with Gasteiger partial charge >= 0.3 is 5.97 Å². The fraction of sp³-hybridized carbons (Fsp3) is 0.857. The van der Waals surface area contributed by atoms with Gasteiger partial charge in [0.15, 0.2) is 0 Å². The van der Waals surface area contributed by atoms with E-state index in [4.69, 9.17) is 0 Å². The van der Waals surface area contributed by atoms with Crippen LogP contribution in [-0.4, -0.2) is 25.7 Å². The van der Waals surface area contributed by atoms with Crippen LogP contribution >= 0.6 is 0 Å². The van der Waals surface area contributed by atoms with Gasteiger partial charge in [0, 0.05) is 6.54 Å². The molecule has 4 heteroatoms. The van der Waals surface area contributed by atoms with Crippen molar-refractivity contribution in [1.82, 2.24) is 10.9 Å². The first-order chi connectivity index (χ1) is 5.33. The zero-order valence-corrected chi connectivity index (χ0v) is 6.46. The predicted molar refractivity (Wildman–Crippen MR) is 38.5 cm³/mol. The van der Waals surface area contributed by atoms with Crippen molar-refractivity contribution in [2.45, 2.75) is 12.5 Å². The Morgan fingerprint density at radius 1 is 1.64 bits per heavy atom. The zero-order chi connectivity index (χ0) is 7.84. The fourth-order valence-electron chi connectivity index (χ4n) is 1.68. The lowest BCUT2D eigenvalue weighted by Gasteiger charge is -2.21. The predicted octanol–water partition coefficient (Wildman–Crippen LogP) is -0.728. The van der Waals surface area contributed by atoms with E-state index in [1.165, 1.54) is 7.11 Å².